The average Bonchev–Trinajstić information content (AvgIpc) is 3.59. The van der Waals surface area contributed by atoms with Gasteiger partial charge in [-0.15, -0.1) is 5.10 Å². The molecule has 1 aromatic heterocycles. The molecule has 2 aromatic rings. The third kappa shape index (κ3) is 3.97. The van der Waals surface area contributed by atoms with Gasteiger partial charge in [-0.1, -0.05) is 24.1 Å². The minimum Gasteiger partial charge on any atom is -0.454 e. The molecule has 176 valence electrons. The van der Waals surface area contributed by atoms with E-state index in [1.807, 2.05) is 29.1 Å². The van der Waals surface area contributed by atoms with Crippen LogP contribution in [0.2, 0.25) is 0 Å². The zero-order valence-corrected chi connectivity index (χ0v) is 18.8. The van der Waals surface area contributed by atoms with Crippen molar-refractivity contribution in [2.24, 2.45) is 11.8 Å². The van der Waals surface area contributed by atoms with Gasteiger partial charge in [0.25, 0.3) is 0 Å². The molecule has 2 bridgehead atoms. The van der Waals surface area contributed by atoms with Crippen molar-refractivity contribution >= 4 is 5.91 Å². The van der Waals surface area contributed by atoms with E-state index >= 15 is 0 Å². The van der Waals surface area contributed by atoms with Crippen LogP contribution < -0.4 is 19.7 Å². The lowest BCUT2D eigenvalue weighted by Crippen LogP contribution is -3.20. The highest BCUT2D eigenvalue weighted by atomic mass is 16.7. The lowest BCUT2D eigenvalue weighted by atomic mass is 9.75. The second-order valence-corrected chi connectivity index (χ2v) is 10.2. The van der Waals surface area contributed by atoms with E-state index in [0.29, 0.717) is 24.2 Å². The quantitative estimate of drug-likeness (QED) is 0.583. The Morgan fingerprint density at radius 2 is 2.12 bits per heavy atom. The molecule has 5 heterocycles. The molecule has 7 rings (SSSR count). The van der Waals surface area contributed by atoms with Crippen LogP contribution in [0.5, 0.6) is 11.5 Å². The number of hydrogen-bond acceptors (Lipinski definition) is 6. The van der Waals surface area contributed by atoms with E-state index in [0.717, 1.165) is 75.2 Å². The maximum absolute atomic E-state index is 13.0. The van der Waals surface area contributed by atoms with Crippen molar-refractivity contribution in [3.8, 4) is 11.5 Å². The standard InChI is InChI=1S/C24H31N5O4/c30-23(25-11-16-3-4-20-21(9-16)33-15-32-20)19-13-28-8-5-17(19)10-18(28)12-29-14-22(26-27-29)24(31)6-1-2-7-24/h3-4,9,14,17-19,31H,1-2,5-8,10-13,15H2,(H,25,30)/p+1/t17-,18-,19+/m1/s1. The molecule has 3 saturated heterocycles. The number of ether oxygens (including phenoxy) is 2. The molecule has 5 aliphatic rings. The number of aliphatic hydroxyl groups is 1. The Morgan fingerprint density at radius 1 is 1.27 bits per heavy atom. The van der Waals surface area contributed by atoms with Crippen LogP contribution in [0, 0.1) is 11.8 Å². The fourth-order valence-corrected chi connectivity index (χ4v) is 6.23. The molecule has 4 fully saturated rings. The van der Waals surface area contributed by atoms with Crippen LogP contribution in [0.1, 0.15) is 49.8 Å². The van der Waals surface area contributed by atoms with E-state index in [-0.39, 0.29) is 18.6 Å². The van der Waals surface area contributed by atoms with E-state index in [9.17, 15) is 9.90 Å². The molecule has 0 spiro atoms. The van der Waals surface area contributed by atoms with Crippen molar-refractivity contribution < 1.29 is 24.3 Å². The number of hydrogen-bond donors (Lipinski definition) is 3. The summed E-state index contributed by atoms with van der Waals surface area (Å²) in [6.07, 6.45) is 7.69. The van der Waals surface area contributed by atoms with Gasteiger partial charge in [0.15, 0.2) is 11.5 Å². The molecule has 1 amide bonds. The van der Waals surface area contributed by atoms with Crippen LogP contribution >= 0.6 is 0 Å². The summed E-state index contributed by atoms with van der Waals surface area (Å²) in [7, 11) is 0. The van der Waals surface area contributed by atoms with Gasteiger partial charge < -0.3 is 24.8 Å². The molecule has 0 radical (unpaired) electrons. The highest BCUT2D eigenvalue weighted by Crippen LogP contribution is 2.37. The summed E-state index contributed by atoms with van der Waals surface area (Å²) in [5, 5.41) is 22.5. The first kappa shape index (κ1) is 20.9. The van der Waals surface area contributed by atoms with Crippen LogP contribution in [0.3, 0.4) is 0 Å². The topological polar surface area (TPSA) is 103 Å². The molecule has 1 aliphatic carbocycles. The summed E-state index contributed by atoms with van der Waals surface area (Å²) < 4.78 is 12.7. The molecule has 4 aliphatic heterocycles. The zero-order valence-electron chi connectivity index (χ0n) is 18.8. The first-order valence-electron chi connectivity index (χ1n) is 12.2. The van der Waals surface area contributed by atoms with Crippen LogP contribution in [-0.2, 0) is 23.5 Å². The Balaban J connectivity index is 1.05. The Labute approximate surface area is 193 Å². The lowest BCUT2D eigenvalue weighted by molar-refractivity contribution is -0.945. The van der Waals surface area contributed by atoms with Crippen molar-refractivity contribution in [2.45, 2.75) is 63.3 Å². The molecular weight excluding hydrogens is 422 g/mol. The predicted octanol–water partition coefficient (Wildman–Crippen LogP) is 0.378. The summed E-state index contributed by atoms with van der Waals surface area (Å²) in [5.74, 6) is 2.12. The summed E-state index contributed by atoms with van der Waals surface area (Å²) in [6, 6.07) is 6.25. The van der Waals surface area contributed by atoms with Gasteiger partial charge in [0, 0.05) is 19.4 Å². The number of aromatic nitrogens is 3. The first-order chi connectivity index (χ1) is 16.1. The van der Waals surface area contributed by atoms with Gasteiger partial charge in [0.2, 0.25) is 12.7 Å². The van der Waals surface area contributed by atoms with Crippen molar-refractivity contribution in [3.05, 3.63) is 35.7 Å². The number of fused-ring (bicyclic) bond motifs is 4. The number of piperidine rings is 3. The van der Waals surface area contributed by atoms with Crippen LogP contribution in [0.15, 0.2) is 24.4 Å². The number of rotatable bonds is 6. The van der Waals surface area contributed by atoms with Gasteiger partial charge in [0.1, 0.15) is 17.3 Å². The van der Waals surface area contributed by atoms with Crippen molar-refractivity contribution in [3.63, 3.8) is 0 Å². The monoisotopic (exact) mass is 454 g/mol. The highest BCUT2D eigenvalue weighted by Gasteiger charge is 2.46. The second-order valence-electron chi connectivity index (χ2n) is 10.2. The molecule has 33 heavy (non-hydrogen) atoms. The van der Waals surface area contributed by atoms with Gasteiger partial charge in [-0.3, -0.25) is 4.79 Å². The molecule has 1 aromatic carbocycles. The molecule has 3 N–H and O–H groups in total. The predicted molar refractivity (Wildman–Crippen MR) is 117 cm³/mol. The second kappa shape index (κ2) is 8.29. The molecule has 9 heteroatoms. The number of amides is 1. The smallest absolute Gasteiger partial charge is 0.231 e. The molecule has 1 unspecified atom stereocenters. The number of benzene rings is 1. The van der Waals surface area contributed by atoms with Gasteiger partial charge >= 0.3 is 0 Å². The Hall–Kier alpha value is -2.65. The van der Waals surface area contributed by atoms with Crippen molar-refractivity contribution in [2.75, 3.05) is 19.9 Å². The Morgan fingerprint density at radius 3 is 2.94 bits per heavy atom. The zero-order chi connectivity index (χ0) is 22.4. The van der Waals surface area contributed by atoms with Gasteiger partial charge in [0.05, 0.1) is 31.7 Å². The molecule has 9 nitrogen and oxygen atoms in total. The fourth-order valence-electron chi connectivity index (χ4n) is 6.23. The Bertz CT molecular complexity index is 1030. The maximum atomic E-state index is 13.0. The summed E-state index contributed by atoms with van der Waals surface area (Å²) in [5.41, 5.74) is 0.940. The number of nitrogens with zero attached hydrogens (tertiary/aromatic N) is 3. The largest absolute Gasteiger partial charge is 0.454 e. The molecular formula is C24H32N5O4+. The Kier molecular flexibility index (Phi) is 5.25. The number of nitrogens with one attached hydrogen (secondary N) is 2. The molecule has 4 atom stereocenters. The van der Waals surface area contributed by atoms with E-state index < -0.39 is 5.60 Å². The van der Waals surface area contributed by atoms with E-state index in [2.05, 4.69) is 15.6 Å². The third-order valence-electron chi connectivity index (χ3n) is 8.15. The fraction of sp³-hybridized carbons (Fsp3) is 0.625. The highest BCUT2D eigenvalue weighted by molar-refractivity contribution is 5.79. The van der Waals surface area contributed by atoms with Gasteiger partial charge in [-0.2, -0.15) is 0 Å². The van der Waals surface area contributed by atoms with E-state index in [1.54, 1.807) is 0 Å². The van der Waals surface area contributed by atoms with Crippen LogP contribution in [-0.4, -0.2) is 51.9 Å². The lowest BCUT2D eigenvalue weighted by Gasteiger charge is -2.46. The van der Waals surface area contributed by atoms with Crippen molar-refractivity contribution in [1.29, 1.82) is 0 Å². The number of carbonyl (C=O) groups excluding carboxylic acids is 1. The average molecular weight is 455 g/mol. The minimum absolute atomic E-state index is 0.0597. The number of quaternary nitrogens is 1. The summed E-state index contributed by atoms with van der Waals surface area (Å²) >= 11 is 0. The van der Waals surface area contributed by atoms with Crippen LogP contribution in [0.25, 0.3) is 0 Å². The van der Waals surface area contributed by atoms with Gasteiger partial charge in [-0.25, -0.2) is 4.68 Å². The summed E-state index contributed by atoms with van der Waals surface area (Å²) in [4.78, 5) is 14.5. The summed E-state index contributed by atoms with van der Waals surface area (Å²) in [6.45, 7) is 3.52. The minimum atomic E-state index is -0.794. The van der Waals surface area contributed by atoms with Crippen molar-refractivity contribution in [1.82, 2.24) is 20.3 Å². The maximum Gasteiger partial charge on any atom is 0.231 e. The normalized spacial score (nSPS) is 29.4. The van der Waals surface area contributed by atoms with Crippen LogP contribution in [0.4, 0.5) is 0 Å². The van der Waals surface area contributed by atoms with Gasteiger partial charge in [-0.05, 0) is 36.5 Å². The van der Waals surface area contributed by atoms with E-state index in [1.165, 1.54) is 4.90 Å². The molecule has 1 saturated carbocycles. The first-order valence-corrected chi connectivity index (χ1v) is 12.2. The third-order valence-corrected chi connectivity index (χ3v) is 8.15. The van der Waals surface area contributed by atoms with E-state index in [4.69, 9.17) is 9.47 Å². The number of carbonyl (C=O) groups is 1. The SMILES string of the molecule is O=C(NCc1ccc2c(c1)OCO2)[C@H]1C[NH+]2CC[C@@H]1C[C@@H]2Cn1cc(C2(O)CCCC2)nn1.